The third kappa shape index (κ3) is 4.50. The minimum Gasteiger partial charge on any atom is -0.405 e. The van der Waals surface area contributed by atoms with Crippen LogP contribution >= 0.6 is 0 Å². The average Bonchev–Trinajstić information content (AvgIpc) is 3.28. The minimum atomic E-state index is -4.82. The van der Waals surface area contributed by atoms with Crippen molar-refractivity contribution in [3.8, 4) is 5.75 Å². The number of nitrogens with one attached hydrogen (secondary N) is 3. The fraction of sp³-hybridized carbons (Fsp3) is 0.389. The number of fused-ring (bicyclic) bond motifs is 1. The van der Waals surface area contributed by atoms with Gasteiger partial charge in [-0.1, -0.05) is 18.2 Å². The van der Waals surface area contributed by atoms with Crippen LogP contribution in [0.2, 0.25) is 0 Å². The molecule has 0 saturated carbocycles. The van der Waals surface area contributed by atoms with Gasteiger partial charge in [0.1, 0.15) is 11.3 Å². The lowest BCUT2D eigenvalue weighted by Crippen LogP contribution is -2.21. The van der Waals surface area contributed by atoms with Crippen LogP contribution in [0.5, 0.6) is 5.75 Å². The van der Waals surface area contributed by atoms with Crippen LogP contribution in [0.15, 0.2) is 35.3 Å². The first-order valence-corrected chi connectivity index (χ1v) is 9.13. The Labute approximate surface area is 163 Å². The van der Waals surface area contributed by atoms with E-state index in [-0.39, 0.29) is 17.9 Å². The lowest BCUT2D eigenvalue weighted by Gasteiger charge is -2.13. The summed E-state index contributed by atoms with van der Waals surface area (Å²) in [6.45, 7) is 2.45. The molecule has 1 aliphatic rings. The highest BCUT2D eigenvalue weighted by Crippen LogP contribution is 2.27. The lowest BCUT2D eigenvalue weighted by atomic mass is 10.1. The van der Waals surface area contributed by atoms with Gasteiger partial charge in [0.2, 0.25) is 5.95 Å². The summed E-state index contributed by atoms with van der Waals surface area (Å²) in [4.78, 5) is 23.6. The van der Waals surface area contributed by atoms with Crippen molar-refractivity contribution in [1.82, 2.24) is 24.8 Å². The molecular formula is C18H19F3N6O2. The fourth-order valence-corrected chi connectivity index (χ4v) is 3.33. The predicted molar refractivity (Wildman–Crippen MR) is 99.8 cm³/mol. The summed E-state index contributed by atoms with van der Waals surface area (Å²) >= 11 is 0. The number of anilines is 1. The van der Waals surface area contributed by atoms with Crippen molar-refractivity contribution in [2.75, 3.05) is 25.0 Å². The van der Waals surface area contributed by atoms with Crippen LogP contribution in [0.3, 0.4) is 0 Å². The topological polar surface area (TPSA) is 96.9 Å². The van der Waals surface area contributed by atoms with E-state index in [0.29, 0.717) is 29.6 Å². The highest BCUT2D eigenvalue weighted by molar-refractivity contribution is 5.71. The number of imidazole rings is 1. The third-order valence-corrected chi connectivity index (χ3v) is 4.75. The van der Waals surface area contributed by atoms with Crippen molar-refractivity contribution in [1.29, 1.82) is 0 Å². The first-order chi connectivity index (χ1) is 13.9. The number of nitrogens with zero attached hydrogens (tertiary/aromatic N) is 3. The smallest absolute Gasteiger partial charge is 0.405 e. The SMILES string of the molecule is O=c1[nH]c2cnc(NCC3CCNC3)nc2n1Cc1ccccc1OC(F)(F)F. The Morgan fingerprint density at radius 1 is 1.31 bits per heavy atom. The Bertz CT molecular complexity index is 1060. The first-order valence-electron chi connectivity index (χ1n) is 9.13. The number of halogens is 3. The molecule has 0 amide bonds. The second-order valence-corrected chi connectivity index (χ2v) is 6.84. The minimum absolute atomic E-state index is 0.131. The van der Waals surface area contributed by atoms with Gasteiger partial charge in [0.05, 0.1) is 12.7 Å². The Morgan fingerprint density at radius 3 is 2.90 bits per heavy atom. The molecule has 3 aromatic rings. The van der Waals surface area contributed by atoms with Gasteiger partial charge in [-0.2, -0.15) is 4.98 Å². The molecule has 3 heterocycles. The molecule has 0 spiro atoms. The molecule has 0 aliphatic carbocycles. The number of para-hydroxylation sites is 1. The van der Waals surface area contributed by atoms with Crippen LogP contribution in [-0.2, 0) is 6.54 Å². The van der Waals surface area contributed by atoms with Gasteiger partial charge in [0.25, 0.3) is 0 Å². The predicted octanol–water partition coefficient (Wildman–Crippen LogP) is 2.09. The molecule has 1 unspecified atom stereocenters. The monoisotopic (exact) mass is 408 g/mol. The first kappa shape index (κ1) is 19.2. The molecule has 29 heavy (non-hydrogen) atoms. The van der Waals surface area contributed by atoms with Gasteiger partial charge in [0.15, 0.2) is 5.65 Å². The highest BCUT2D eigenvalue weighted by atomic mass is 19.4. The molecule has 11 heteroatoms. The molecule has 3 N–H and O–H groups in total. The standard InChI is InChI=1S/C18H19F3N6O2/c19-18(20,21)29-14-4-2-1-3-12(14)10-27-15-13(25-17(27)28)9-24-16(26-15)23-8-11-5-6-22-7-11/h1-4,9,11,22H,5-8,10H2,(H,25,28)(H,23,24,26). The van der Waals surface area contributed by atoms with Crippen LogP contribution in [0.4, 0.5) is 19.1 Å². The van der Waals surface area contributed by atoms with Crippen LogP contribution in [-0.4, -0.2) is 45.5 Å². The van der Waals surface area contributed by atoms with E-state index in [0.717, 1.165) is 19.5 Å². The summed E-state index contributed by atoms with van der Waals surface area (Å²) in [5, 5.41) is 6.43. The maximum atomic E-state index is 12.7. The number of alkyl halides is 3. The van der Waals surface area contributed by atoms with Gasteiger partial charge in [-0.25, -0.2) is 9.78 Å². The van der Waals surface area contributed by atoms with Gasteiger partial charge in [0, 0.05) is 12.1 Å². The number of hydrogen-bond acceptors (Lipinski definition) is 6. The molecule has 8 nitrogen and oxygen atoms in total. The van der Waals surface area contributed by atoms with Crippen molar-refractivity contribution >= 4 is 17.1 Å². The van der Waals surface area contributed by atoms with E-state index in [4.69, 9.17) is 0 Å². The van der Waals surface area contributed by atoms with Crippen LogP contribution in [0.1, 0.15) is 12.0 Å². The van der Waals surface area contributed by atoms with Gasteiger partial charge in [-0.15, -0.1) is 13.2 Å². The number of benzene rings is 1. The van der Waals surface area contributed by atoms with Gasteiger partial charge in [-0.05, 0) is 31.5 Å². The number of rotatable bonds is 6. The summed E-state index contributed by atoms with van der Waals surface area (Å²) in [6, 6.07) is 5.70. The summed E-state index contributed by atoms with van der Waals surface area (Å²) in [6.07, 6.45) is -2.29. The van der Waals surface area contributed by atoms with E-state index in [1.165, 1.54) is 29.0 Å². The Hall–Kier alpha value is -3.08. The summed E-state index contributed by atoms with van der Waals surface area (Å²) in [5.41, 5.74) is 0.419. The zero-order chi connectivity index (χ0) is 20.4. The van der Waals surface area contributed by atoms with E-state index in [9.17, 15) is 18.0 Å². The number of H-pyrrole nitrogens is 1. The molecule has 0 bridgehead atoms. The molecular weight excluding hydrogens is 389 g/mol. The molecule has 4 rings (SSSR count). The molecule has 1 atom stereocenters. The van der Waals surface area contributed by atoms with E-state index < -0.39 is 12.1 Å². The highest BCUT2D eigenvalue weighted by Gasteiger charge is 2.32. The van der Waals surface area contributed by atoms with Crippen molar-refractivity contribution in [2.45, 2.75) is 19.3 Å². The third-order valence-electron chi connectivity index (χ3n) is 4.75. The summed E-state index contributed by atoms with van der Waals surface area (Å²) < 4.78 is 43.3. The second-order valence-electron chi connectivity index (χ2n) is 6.84. The molecule has 2 aromatic heterocycles. The van der Waals surface area contributed by atoms with Crippen molar-refractivity contribution in [3.63, 3.8) is 0 Å². The van der Waals surface area contributed by atoms with Gasteiger partial charge < -0.3 is 20.4 Å². The maximum absolute atomic E-state index is 12.7. The van der Waals surface area contributed by atoms with E-state index in [1.54, 1.807) is 6.07 Å². The second kappa shape index (κ2) is 7.74. The van der Waals surface area contributed by atoms with Crippen molar-refractivity contribution in [2.24, 2.45) is 5.92 Å². The average molecular weight is 408 g/mol. The van der Waals surface area contributed by atoms with Crippen LogP contribution in [0, 0.1) is 5.92 Å². The largest absolute Gasteiger partial charge is 0.573 e. The molecule has 1 saturated heterocycles. The molecule has 0 radical (unpaired) electrons. The summed E-state index contributed by atoms with van der Waals surface area (Å²) in [5.74, 6) is 0.466. The Morgan fingerprint density at radius 2 is 2.14 bits per heavy atom. The van der Waals surface area contributed by atoms with Gasteiger partial charge >= 0.3 is 12.1 Å². The zero-order valence-electron chi connectivity index (χ0n) is 15.3. The van der Waals surface area contributed by atoms with Gasteiger partial charge in [-0.3, -0.25) is 4.57 Å². The Kier molecular flexibility index (Phi) is 5.14. The number of aromatic amines is 1. The quantitative estimate of drug-likeness (QED) is 0.578. The maximum Gasteiger partial charge on any atom is 0.573 e. The molecule has 1 aromatic carbocycles. The normalized spacial score (nSPS) is 17.0. The zero-order valence-corrected chi connectivity index (χ0v) is 15.3. The van der Waals surface area contributed by atoms with Crippen LogP contribution < -0.4 is 21.1 Å². The van der Waals surface area contributed by atoms with Crippen molar-refractivity contribution in [3.05, 3.63) is 46.5 Å². The number of hydrogen-bond donors (Lipinski definition) is 3. The van der Waals surface area contributed by atoms with Crippen molar-refractivity contribution < 1.29 is 17.9 Å². The van der Waals surface area contributed by atoms with E-state index in [2.05, 4.69) is 30.3 Å². The van der Waals surface area contributed by atoms with Crippen LogP contribution in [0.25, 0.3) is 11.2 Å². The Balaban J connectivity index is 1.61. The molecule has 1 aliphatic heterocycles. The fourth-order valence-electron chi connectivity index (χ4n) is 3.33. The van der Waals surface area contributed by atoms with E-state index >= 15 is 0 Å². The van der Waals surface area contributed by atoms with E-state index in [1.807, 2.05) is 0 Å². The number of ether oxygens (including phenoxy) is 1. The summed E-state index contributed by atoms with van der Waals surface area (Å²) in [7, 11) is 0. The molecule has 154 valence electrons. The number of aromatic nitrogens is 4. The lowest BCUT2D eigenvalue weighted by molar-refractivity contribution is -0.274. The molecule has 1 fully saturated rings.